The van der Waals surface area contributed by atoms with Gasteiger partial charge >= 0.3 is 6.16 Å². The van der Waals surface area contributed by atoms with Crippen molar-refractivity contribution in [2.45, 2.75) is 31.7 Å². The summed E-state index contributed by atoms with van der Waals surface area (Å²) >= 11 is 0. The second kappa shape index (κ2) is 8.30. The molecule has 27 heavy (non-hydrogen) atoms. The molecule has 1 aromatic carbocycles. The van der Waals surface area contributed by atoms with Crippen LogP contribution in [0.2, 0.25) is 0 Å². The first-order valence-electron chi connectivity index (χ1n) is 8.48. The molecule has 0 atom stereocenters. The van der Waals surface area contributed by atoms with Gasteiger partial charge in [0.1, 0.15) is 5.75 Å². The largest absolute Gasteiger partial charge is 0.503 e. The maximum Gasteiger partial charge on any atom is 0.503 e. The van der Waals surface area contributed by atoms with Crippen LogP contribution in [0.3, 0.4) is 0 Å². The van der Waals surface area contributed by atoms with Crippen LogP contribution in [0, 0.1) is 0 Å². The first-order valence-corrected chi connectivity index (χ1v) is 8.48. The van der Waals surface area contributed by atoms with Crippen LogP contribution in [0.1, 0.15) is 25.7 Å². The van der Waals surface area contributed by atoms with Gasteiger partial charge < -0.3 is 20.3 Å². The molecule has 1 saturated carbocycles. The molecule has 1 aliphatic carbocycles. The molecule has 10 nitrogen and oxygen atoms in total. The van der Waals surface area contributed by atoms with Gasteiger partial charge in [-0.25, -0.2) is 9.78 Å². The van der Waals surface area contributed by atoms with Crippen molar-refractivity contribution in [3.8, 4) is 11.4 Å². The molecule has 1 fully saturated rings. The summed E-state index contributed by atoms with van der Waals surface area (Å²) in [4.78, 5) is 17.5. The first kappa shape index (κ1) is 18.4. The van der Waals surface area contributed by atoms with Gasteiger partial charge in [-0.15, -0.1) is 5.10 Å². The number of rotatable bonds is 4. The molecule has 0 unspecified atom stereocenters. The van der Waals surface area contributed by atoms with Crippen LogP contribution in [0.25, 0.3) is 16.9 Å². The lowest BCUT2D eigenvalue weighted by molar-refractivity contribution is 0.137. The molecule has 3 aromatic rings. The molecule has 2 heterocycles. The monoisotopic (exact) mass is 372 g/mol. The van der Waals surface area contributed by atoms with Gasteiger partial charge in [0, 0.05) is 6.04 Å². The third-order valence-corrected chi connectivity index (χ3v) is 4.20. The van der Waals surface area contributed by atoms with E-state index in [4.69, 9.17) is 19.7 Å². The average Bonchev–Trinajstić information content (AvgIpc) is 3.31. The first-order chi connectivity index (χ1) is 13.1. The summed E-state index contributed by atoms with van der Waals surface area (Å²) in [7, 11) is 1.65. The van der Waals surface area contributed by atoms with Gasteiger partial charge in [-0.3, -0.25) is 0 Å². The summed E-state index contributed by atoms with van der Waals surface area (Å²) in [5, 5.41) is 25.7. The van der Waals surface area contributed by atoms with Gasteiger partial charge in [-0.1, -0.05) is 18.1 Å². The minimum absolute atomic E-state index is 0.470. The predicted octanol–water partition coefficient (Wildman–Crippen LogP) is 2.80. The number of carbonyl (C=O) groups is 1. The maximum atomic E-state index is 8.56. The zero-order valence-electron chi connectivity index (χ0n) is 14.7. The molecule has 142 valence electrons. The summed E-state index contributed by atoms with van der Waals surface area (Å²) in [6, 6.07) is 8.11. The Hall–Kier alpha value is -3.43. The van der Waals surface area contributed by atoms with Crippen molar-refractivity contribution in [1.82, 2.24) is 25.0 Å². The molecular formula is C17H20N6O4. The molecule has 2 aromatic heterocycles. The Labute approximate surface area is 154 Å². The minimum atomic E-state index is -1.83. The van der Waals surface area contributed by atoms with E-state index in [1.807, 2.05) is 24.3 Å². The van der Waals surface area contributed by atoms with Gasteiger partial charge in [-0.2, -0.15) is 9.67 Å². The summed E-state index contributed by atoms with van der Waals surface area (Å²) in [5.74, 6) is 1.44. The van der Waals surface area contributed by atoms with E-state index in [2.05, 4.69) is 25.6 Å². The number of aromatic nitrogens is 5. The molecule has 0 spiro atoms. The lowest BCUT2D eigenvalue weighted by Gasteiger charge is -2.11. The SMILES string of the molecule is COc1ccc(-n2nnc3cnc(NC4CCCC4)nc32)cc1.O=C(O)O. The summed E-state index contributed by atoms with van der Waals surface area (Å²) in [6.45, 7) is 0. The fraction of sp³-hybridized carbons (Fsp3) is 0.353. The van der Waals surface area contributed by atoms with E-state index in [9.17, 15) is 0 Å². The third kappa shape index (κ3) is 4.60. The van der Waals surface area contributed by atoms with E-state index in [-0.39, 0.29) is 0 Å². The Morgan fingerprint density at radius 1 is 1.22 bits per heavy atom. The third-order valence-electron chi connectivity index (χ3n) is 4.20. The Balaban J connectivity index is 0.000000481. The van der Waals surface area contributed by atoms with Crippen molar-refractivity contribution in [2.24, 2.45) is 0 Å². The topological polar surface area (TPSA) is 135 Å². The van der Waals surface area contributed by atoms with Gasteiger partial charge in [0.15, 0.2) is 11.2 Å². The molecule has 0 aliphatic heterocycles. The van der Waals surface area contributed by atoms with E-state index in [0.29, 0.717) is 23.2 Å². The standard InChI is InChI=1S/C16H18N6O.CH2O3/c1-23-13-8-6-12(7-9-13)22-15-14(20-21-22)10-17-16(19-15)18-11-4-2-3-5-11;2-1(3)4/h6-11H,2-5H2,1H3,(H,17,18,19);(H2,2,3,4). The van der Waals surface area contributed by atoms with Crippen molar-refractivity contribution in [2.75, 3.05) is 12.4 Å². The molecule has 10 heteroatoms. The fourth-order valence-corrected chi connectivity index (χ4v) is 2.95. The molecule has 4 rings (SSSR count). The lowest BCUT2D eigenvalue weighted by Crippen LogP contribution is -2.16. The second-order valence-electron chi connectivity index (χ2n) is 6.01. The summed E-state index contributed by atoms with van der Waals surface area (Å²) < 4.78 is 6.91. The Morgan fingerprint density at radius 3 is 2.52 bits per heavy atom. The molecule has 0 saturated heterocycles. The number of ether oxygens (including phenoxy) is 1. The quantitative estimate of drug-likeness (QED) is 0.631. The van der Waals surface area contributed by atoms with Gasteiger partial charge in [0.25, 0.3) is 0 Å². The number of hydrogen-bond acceptors (Lipinski definition) is 7. The van der Waals surface area contributed by atoms with E-state index in [0.717, 1.165) is 11.4 Å². The van der Waals surface area contributed by atoms with Crippen LogP contribution in [-0.4, -0.2) is 54.5 Å². The maximum absolute atomic E-state index is 8.56. The highest BCUT2D eigenvalue weighted by atomic mass is 16.6. The van der Waals surface area contributed by atoms with Crippen molar-refractivity contribution >= 4 is 23.3 Å². The van der Waals surface area contributed by atoms with Crippen LogP contribution in [0.15, 0.2) is 30.5 Å². The smallest absolute Gasteiger partial charge is 0.497 e. The highest BCUT2D eigenvalue weighted by molar-refractivity contribution is 5.72. The number of benzene rings is 1. The molecule has 3 N–H and O–H groups in total. The number of hydrogen-bond donors (Lipinski definition) is 3. The van der Waals surface area contributed by atoms with Crippen molar-refractivity contribution in [1.29, 1.82) is 0 Å². The number of carboxylic acid groups (broad SMARTS) is 2. The Morgan fingerprint density at radius 2 is 1.89 bits per heavy atom. The highest BCUT2D eigenvalue weighted by Crippen LogP contribution is 2.22. The molecular weight excluding hydrogens is 352 g/mol. The van der Waals surface area contributed by atoms with Crippen LogP contribution >= 0.6 is 0 Å². The number of nitrogens with zero attached hydrogens (tertiary/aromatic N) is 5. The van der Waals surface area contributed by atoms with Crippen LogP contribution in [0.5, 0.6) is 5.75 Å². The zero-order valence-corrected chi connectivity index (χ0v) is 14.7. The normalized spacial score (nSPS) is 13.8. The van der Waals surface area contributed by atoms with E-state index in [1.165, 1.54) is 25.7 Å². The second-order valence-corrected chi connectivity index (χ2v) is 6.01. The highest BCUT2D eigenvalue weighted by Gasteiger charge is 2.17. The molecule has 0 amide bonds. The lowest BCUT2D eigenvalue weighted by atomic mass is 10.2. The van der Waals surface area contributed by atoms with Crippen LogP contribution in [0.4, 0.5) is 10.7 Å². The average molecular weight is 372 g/mol. The Kier molecular flexibility index (Phi) is 5.64. The van der Waals surface area contributed by atoms with Crippen molar-refractivity contribution < 1.29 is 19.7 Å². The molecule has 0 bridgehead atoms. The number of methoxy groups -OCH3 is 1. The molecule has 1 aliphatic rings. The minimum Gasteiger partial charge on any atom is -0.497 e. The predicted molar refractivity (Wildman–Crippen MR) is 97.5 cm³/mol. The van der Waals surface area contributed by atoms with E-state index < -0.39 is 6.16 Å². The van der Waals surface area contributed by atoms with E-state index in [1.54, 1.807) is 18.0 Å². The van der Waals surface area contributed by atoms with Crippen LogP contribution in [-0.2, 0) is 0 Å². The Bertz CT molecular complexity index is 901. The van der Waals surface area contributed by atoms with E-state index >= 15 is 0 Å². The van der Waals surface area contributed by atoms with Gasteiger partial charge in [0.05, 0.1) is 19.0 Å². The summed E-state index contributed by atoms with van der Waals surface area (Å²) in [5.41, 5.74) is 2.27. The van der Waals surface area contributed by atoms with Crippen molar-refractivity contribution in [3.63, 3.8) is 0 Å². The fourth-order valence-electron chi connectivity index (χ4n) is 2.95. The van der Waals surface area contributed by atoms with Crippen molar-refractivity contribution in [3.05, 3.63) is 30.5 Å². The zero-order chi connectivity index (χ0) is 19.2. The van der Waals surface area contributed by atoms with Gasteiger partial charge in [0.2, 0.25) is 5.95 Å². The number of anilines is 1. The number of nitrogens with one attached hydrogen (secondary N) is 1. The summed E-state index contributed by atoms with van der Waals surface area (Å²) in [6.07, 6.45) is 4.78. The van der Waals surface area contributed by atoms with Gasteiger partial charge in [-0.05, 0) is 37.1 Å². The molecule has 0 radical (unpaired) electrons. The van der Waals surface area contributed by atoms with Crippen LogP contribution < -0.4 is 10.1 Å². The number of fused-ring (bicyclic) bond motifs is 1.